The van der Waals surface area contributed by atoms with Crippen molar-refractivity contribution >= 4 is 35.3 Å². The zero-order valence-corrected chi connectivity index (χ0v) is 19.7. The summed E-state index contributed by atoms with van der Waals surface area (Å²) in [5, 5.41) is 7.29. The number of ether oxygens (including phenoxy) is 3. The van der Waals surface area contributed by atoms with Crippen LogP contribution in [0.3, 0.4) is 0 Å². The lowest BCUT2D eigenvalue weighted by atomic mass is 10.2. The second kappa shape index (κ2) is 12.8. The molecule has 0 fully saturated rings. The molecular weight excluding hydrogens is 470 g/mol. The number of benzene rings is 3. The number of halogens is 1. The van der Waals surface area contributed by atoms with Crippen LogP contribution < -0.4 is 25.0 Å². The third-order valence-electron chi connectivity index (χ3n) is 4.54. The van der Waals surface area contributed by atoms with Gasteiger partial charge >= 0.3 is 0 Å². The Labute approximate surface area is 208 Å². The van der Waals surface area contributed by atoms with Crippen molar-refractivity contribution < 1.29 is 23.8 Å². The van der Waals surface area contributed by atoms with Crippen LogP contribution in [0.1, 0.15) is 15.9 Å². The van der Waals surface area contributed by atoms with E-state index in [1.165, 1.54) is 13.3 Å². The third-order valence-corrected chi connectivity index (χ3v) is 4.79. The average Bonchev–Trinajstić information content (AvgIpc) is 2.88. The molecule has 180 valence electrons. The van der Waals surface area contributed by atoms with Gasteiger partial charge in [-0.2, -0.15) is 5.10 Å². The van der Waals surface area contributed by atoms with Crippen LogP contribution in [0.4, 0.5) is 5.69 Å². The Balaban J connectivity index is 1.48. The maximum Gasteiger partial charge on any atom is 0.271 e. The van der Waals surface area contributed by atoms with Gasteiger partial charge in [0, 0.05) is 16.3 Å². The number of nitrogens with zero attached hydrogens (tertiary/aromatic N) is 1. The number of methoxy groups -OCH3 is 1. The minimum Gasteiger partial charge on any atom is -0.493 e. The molecule has 0 spiro atoms. The summed E-state index contributed by atoms with van der Waals surface area (Å²) in [5.74, 6) is 0.764. The van der Waals surface area contributed by atoms with Crippen molar-refractivity contribution in [2.75, 3.05) is 25.6 Å². The van der Waals surface area contributed by atoms with Gasteiger partial charge in [-0.25, -0.2) is 5.43 Å². The fourth-order valence-electron chi connectivity index (χ4n) is 2.84. The predicted octanol–water partition coefficient (Wildman–Crippen LogP) is 4.69. The van der Waals surface area contributed by atoms with Gasteiger partial charge in [0.25, 0.3) is 11.8 Å². The van der Waals surface area contributed by atoms with Crippen LogP contribution in [-0.2, 0) is 4.79 Å². The smallest absolute Gasteiger partial charge is 0.271 e. The van der Waals surface area contributed by atoms with Crippen molar-refractivity contribution in [3.63, 3.8) is 0 Å². The highest BCUT2D eigenvalue weighted by atomic mass is 35.5. The van der Waals surface area contributed by atoms with E-state index in [4.69, 9.17) is 25.8 Å². The Kier molecular flexibility index (Phi) is 9.27. The number of hydrogen-bond donors (Lipinski definition) is 2. The molecule has 0 saturated carbocycles. The molecule has 2 N–H and O–H groups in total. The molecule has 8 nitrogen and oxygen atoms in total. The van der Waals surface area contributed by atoms with Crippen LogP contribution in [0, 0.1) is 0 Å². The van der Waals surface area contributed by atoms with E-state index in [0.29, 0.717) is 40.1 Å². The molecule has 0 aromatic heterocycles. The fraction of sp³-hybridized carbons (Fsp3) is 0.115. The van der Waals surface area contributed by atoms with E-state index in [1.807, 2.05) is 0 Å². The van der Waals surface area contributed by atoms with Crippen LogP contribution >= 0.6 is 11.6 Å². The number of hydrogen-bond acceptors (Lipinski definition) is 6. The minimum absolute atomic E-state index is 0.146. The molecule has 3 rings (SSSR count). The molecule has 9 heteroatoms. The number of amides is 2. The zero-order chi connectivity index (χ0) is 25.0. The number of anilines is 1. The van der Waals surface area contributed by atoms with E-state index in [0.717, 1.165) is 5.56 Å². The highest BCUT2D eigenvalue weighted by Crippen LogP contribution is 2.28. The Morgan fingerprint density at radius 1 is 1.00 bits per heavy atom. The highest BCUT2D eigenvalue weighted by Gasteiger charge is 2.10. The van der Waals surface area contributed by atoms with E-state index >= 15 is 0 Å². The molecule has 0 radical (unpaired) electrons. The SMILES string of the molecule is C=CCOc1ccc(C(=O)N/N=C/c2ccc(OCC(=O)Nc3ccc(Cl)cc3)cc2)cc1OC. The first-order valence-electron chi connectivity index (χ1n) is 10.5. The number of rotatable bonds is 11. The molecule has 3 aromatic carbocycles. The molecular formula is C26H24ClN3O5. The summed E-state index contributed by atoms with van der Waals surface area (Å²) in [5.41, 5.74) is 4.20. The summed E-state index contributed by atoms with van der Waals surface area (Å²) >= 11 is 5.83. The van der Waals surface area contributed by atoms with Gasteiger partial charge in [0.05, 0.1) is 13.3 Å². The predicted molar refractivity (Wildman–Crippen MR) is 136 cm³/mol. The molecule has 35 heavy (non-hydrogen) atoms. The Hall–Kier alpha value is -4.30. The average molecular weight is 494 g/mol. The van der Waals surface area contributed by atoms with Crippen LogP contribution in [0.15, 0.2) is 84.5 Å². The lowest BCUT2D eigenvalue weighted by molar-refractivity contribution is -0.118. The van der Waals surface area contributed by atoms with Crippen molar-refractivity contribution in [3.05, 3.63) is 95.5 Å². The standard InChI is InChI=1S/C26H24ClN3O5/c1-3-14-34-23-13-6-19(15-24(23)33-2)26(32)30-28-16-18-4-11-22(12-5-18)35-17-25(31)29-21-9-7-20(27)8-10-21/h3-13,15-16H,1,14,17H2,2H3,(H,29,31)(H,30,32)/b28-16+. The van der Waals surface area contributed by atoms with Gasteiger partial charge in [0.1, 0.15) is 12.4 Å². The Morgan fingerprint density at radius 2 is 1.74 bits per heavy atom. The summed E-state index contributed by atoms with van der Waals surface area (Å²) < 4.78 is 16.2. The second-order valence-corrected chi connectivity index (χ2v) is 7.51. The van der Waals surface area contributed by atoms with Crippen LogP contribution in [-0.4, -0.2) is 38.4 Å². The molecule has 2 amide bonds. The van der Waals surface area contributed by atoms with Crippen molar-refractivity contribution in [1.29, 1.82) is 0 Å². The molecule has 0 saturated heterocycles. The highest BCUT2D eigenvalue weighted by molar-refractivity contribution is 6.30. The number of carbonyl (C=O) groups is 2. The van der Waals surface area contributed by atoms with Crippen LogP contribution in [0.5, 0.6) is 17.2 Å². The third kappa shape index (κ3) is 7.90. The van der Waals surface area contributed by atoms with Gasteiger partial charge < -0.3 is 19.5 Å². The molecule has 0 bridgehead atoms. The molecule has 0 aliphatic carbocycles. The van der Waals surface area contributed by atoms with E-state index in [-0.39, 0.29) is 12.5 Å². The quantitative estimate of drug-likeness (QED) is 0.229. The largest absolute Gasteiger partial charge is 0.493 e. The van der Waals surface area contributed by atoms with Crippen molar-refractivity contribution in [2.45, 2.75) is 0 Å². The summed E-state index contributed by atoms with van der Waals surface area (Å²) in [6.45, 7) is 3.78. The molecule has 0 aliphatic rings. The number of carbonyl (C=O) groups excluding carboxylic acids is 2. The topological polar surface area (TPSA) is 98.3 Å². The van der Waals surface area contributed by atoms with E-state index in [2.05, 4.69) is 22.4 Å². The van der Waals surface area contributed by atoms with Gasteiger partial charge in [0.15, 0.2) is 18.1 Å². The summed E-state index contributed by atoms with van der Waals surface area (Å²) in [6, 6.07) is 18.5. The fourth-order valence-corrected chi connectivity index (χ4v) is 2.96. The Bertz CT molecular complexity index is 1190. The van der Waals surface area contributed by atoms with Crippen LogP contribution in [0.25, 0.3) is 0 Å². The number of nitrogens with one attached hydrogen (secondary N) is 2. The van der Waals surface area contributed by atoms with Gasteiger partial charge in [-0.15, -0.1) is 0 Å². The second-order valence-electron chi connectivity index (χ2n) is 7.08. The lowest BCUT2D eigenvalue weighted by Gasteiger charge is -2.10. The Morgan fingerprint density at radius 3 is 2.43 bits per heavy atom. The molecule has 3 aromatic rings. The first kappa shape index (κ1) is 25.3. The van der Waals surface area contributed by atoms with Crippen molar-refractivity contribution in [2.24, 2.45) is 5.10 Å². The normalized spacial score (nSPS) is 10.5. The summed E-state index contributed by atoms with van der Waals surface area (Å²) in [7, 11) is 1.50. The maximum absolute atomic E-state index is 12.4. The van der Waals surface area contributed by atoms with Crippen molar-refractivity contribution in [3.8, 4) is 17.2 Å². The van der Waals surface area contributed by atoms with E-state index < -0.39 is 5.91 Å². The molecule has 0 atom stereocenters. The molecule has 0 aliphatic heterocycles. The monoisotopic (exact) mass is 493 g/mol. The van der Waals surface area contributed by atoms with Crippen molar-refractivity contribution in [1.82, 2.24) is 5.43 Å². The van der Waals surface area contributed by atoms with E-state index in [9.17, 15) is 9.59 Å². The van der Waals surface area contributed by atoms with Crippen LogP contribution in [0.2, 0.25) is 5.02 Å². The van der Waals surface area contributed by atoms with Gasteiger partial charge in [-0.1, -0.05) is 24.3 Å². The zero-order valence-electron chi connectivity index (χ0n) is 19.0. The lowest BCUT2D eigenvalue weighted by Crippen LogP contribution is -2.20. The van der Waals surface area contributed by atoms with E-state index in [1.54, 1.807) is 72.8 Å². The first-order chi connectivity index (χ1) is 17.0. The van der Waals surface area contributed by atoms with Gasteiger partial charge in [-0.05, 0) is 72.3 Å². The number of hydrazone groups is 1. The summed E-state index contributed by atoms with van der Waals surface area (Å²) in [6.07, 6.45) is 3.11. The minimum atomic E-state index is -0.401. The van der Waals surface area contributed by atoms with Gasteiger partial charge in [0.2, 0.25) is 0 Å². The molecule has 0 heterocycles. The maximum atomic E-state index is 12.4. The first-order valence-corrected chi connectivity index (χ1v) is 10.9. The summed E-state index contributed by atoms with van der Waals surface area (Å²) in [4.78, 5) is 24.4. The molecule has 0 unspecified atom stereocenters. The van der Waals surface area contributed by atoms with Gasteiger partial charge in [-0.3, -0.25) is 9.59 Å².